The average Bonchev–Trinajstić information content (AvgIpc) is 2.34. The molecule has 0 aliphatic heterocycles. The Bertz CT molecular complexity index is 198. The van der Waals surface area contributed by atoms with Crippen LogP contribution in [0.2, 0.25) is 0 Å². The van der Waals surface area contributed by atoms with Crippen molar-refractivity contribution in [1.29, 1.82) is 0 Å². The van der Waals surface area contributed by atoms with Gasteiger partial charge in [-0.3, -0.25) is 4.79 Å². The maximum absolute atomic E-state index is 11.8. The lowest BCUT2D eigenvalue weighted by Gasteiger charge is -2.19. The molecule has 0 saturated heterocycles. The Hall–Kier alpha value is -0.610. The molecule has 0 rings (SSSR count). The summed E-state index contributed by atoms with van der Waals surface area (Å²) in [6.45, 7) is 7.16. The van der Waals surface area contributed by atoms with Crippen molar-refractivity contribution in [3.8, 4) is 0 Å². The molecular formula is C13H28N2O2. The lowest BCUT2D eigenvalue weighted by molar-refractivity contribution is -0.132. The van der Waals surface area contributed by atoms with E-state index < -0.39 is 0 Å². The molecule has 17 heavy (non-hydrogen) atoms. The van der Waals surface area contributed by atoms with Crippen molar-refractivity contribution < 1.29 is 9.53 Å². The van der Waals surface area contributed by atoms with E-state index in [4.69, 9.17) is 10.5 Å². The van der Waals surface area contributed by atoms with Crippen molar-refractivity contribution in [3.05, 3.63) is 0 Å². The van der Waals surface area contributed by atoms with Crippen molar-refractivity contribution >= 4 is 5.91 Å². The molecule has 102 valence electrons. The molecule has 2 atom stereocenters. The maximum atomic E-state index is 11.8. The van der Waals surface area contributed by atoms with Crippen LogP contribution in [0.25, 0.3) is 0 Å². The summed E-state index contributed by atoms with van der Waals surface area (Å²) in [6, 6.07) is 0.0830. The van der Waals surface area contributed by atoms with Crippen LogP contribution in [0.4, 0.5) is 0 Å². The molecule has 1 amide bonds. The number of unbranched alkanes of at least 4 members (excludes halogenated alkanes) is 2. The minimum Gasteiger partial charge on any atom is -0.369 e. The summed E-state index contributed by atoms with van der Waals surface area (Å²) < 4.78 is 5.44. The van der Waals surface area contributed by atoms with Crippen LogP contribution < -0.4 is 11.1 Å². The quantitative estimate of drug-likeness (QED) is 0.576. The van der Waals surface area contributed by atoms with E-state index in [0.717, 1.165) is 32.1 Å². The molecule has 0 aromatic carbocycles. The average molecular weight is 244 g/mol. The van der Waals surface area contributed by atoms with Gasteiger partial charge >= 0.3 is 0 Å². The van der Waals surface area contributed by atoms with Crippen molar-refractivity contribution in [2.75, 3.05) is 13.2 Å². The van der Waals surface area contributed by atoms with Crippen LogP contribution in [-0.4, -0.2) is 31.2 Å². The predicted octanol–water partition coefficient (Wildman–Crippen LogP) is 1.83. The second-order valence-corrected chi connectivity index (χ2v) is 4.45. The first kappa shape index (κ1) is 16.4. The van der Waals surface area contributed by atoms with E-state index in [9.17, 15) is 4.79 Å². The fraction of sp³-hybridized carbons (Fsp3) is 0.923. The Morgan fingerprint density at radius 3 is 2.47 bits per heavy atom. The van der Waals surface area contributed by atoms with Crippen molar-refractivity contribution in [1.82, 2.24) is 5.32 Å². The second kappa shape index (κ2) is 10.5. The summed E-state index contributed by atoms with van der Waals surface area (Å²) in [5.41, 5.74) is 5.63. The number of rotatable bonds is 10. The summed E-state index contributed by atoms with van der Waals surface area (Å²) in [6.07, 6.45) is 4.85. The fourth-order valence-corrected chi connectivity index (χ4v) is 1.50. The van der Waals surface area contributed by atoms with Crippen LogP contribution in [0.1, 0.15) is 52.9 Å². The normalized spacial score (nSPS) is 14.4. The number of ether oxygens (including phenoxy) is 1. The van der Waals surface area contributed by atoms with Crippen LogP contribution >= 0.6 is 0 Å². The standard InChI is InChI=1S/C13H28N2O2/c1-4-6-8-12(10-14)15-13(16)11(3)17-9-7-5-2/h11-12H,4-10,14H2,1-3H3,(H,15,16). The minimum absolute atomic E-state index is 0.0485. The van der Waals surface area contributed by atoms with Crippen molar-refractivity contribution in [2.24, 2.45) is 5.73 Å². The first-order chi connectivity index (χ1) is 8.15. The molecule has 0 aliphatic carbocycles. The highest BCUT2D eigenvalue weighted by atomic mass is 16.5. The van der Waals surface area contributed by atoms with Gasteiger partial charge in [-0.1, -0.05) is 33.1 Å². The molecule has 0 aliphatic rings. The molecule has 0 aromatic heterocycles. The van der Waals surface area contributed by atoms with Gasteiger partial charge in [-0.25, -0.2) is 0 Å². The third kappa shape index (κ3) is 8.16. The SMILES string of the molecule is CCCCOC(C)C(=O)NC(CN)CCCC. The van der Waals surface area contributed by atoms with Gasteiger partial charge in [0, 0.05) is 19.2 Å². The molecular weight excluding hydrogens is 216 g/mol. The zero-order valence-corrected chi connectivity index (χ0v) is 11.5. The van der Waals surface area contributed by atoms with Gasteiger partial charge in [-0.05, 0) is 19.8 Å². The summed E-state index contributed by atoms with van der Waals surface area (Å²) in [5, 5.41) is 2.94. The van der Waals surface area contributed by atoms with Gasteiger partial charge in [0.1, 0.15) is 6.10 Å². The maximum Gasteiger partial charge on any atom is 0.249 e. The van der Waals surface area contributed by atoms with Crippen LogP contribution in [0.3, 0.4) is 0 Å². The van der Waals surface area contributed by atoms with E-state index in [-0.39, 0.29) is 18.1 Å². The van der Waals surface area contributed by atoms with E-state index in [1.165, 1.54) is 0 Å². The highest BCUT2D eigenvalue weighted by Gasteiger charge is 2.16. The fourth-order valence-electron chi connectivity index (χ4n) is 1.50. The molecule has 0 fully saturated rings. The molecule has 0 saturated carbocycles. The third-order valence-corrected chi connectivity index (χ3v) is 2.77. The molecule has 0 aromatic rings. The number of nitrogens with two attached hydrogens (primary N) is 1. The van der Waals surface area contributed by atoms with Gasteiger partial charge in [-0.2, -0.15) is 0 Å². The molecule has 0 bridgehead atoms. The minimum atomic E-state index is -0.378. The van der Waals surface area contributed by atoms with Gasteiger partial charge in [-0.15, -0.1) is 0 Å². The number of carbonyl (C=O) groups is 1. The Labute approximate surface area is 105 Å². The first-order valence-corrected chi connectivity index (χ1v) is 6.77. The van der Waals surface area contributed by atoms with Gasteiger partial charge in [0.2, 0.25) is 5.91 Å². The van der Waals surface area contributed by atoms with Gasteiger partial charge in [0.05, 0.1) is 0 Å². The predicted molar refractivity (Wildman–Crippen MR) is 70.8 cm³/mol. The molecule has 0 spiro atoms. The zero-order chi connectivity index (χ0) is 13.1. The number of amides is 1. The van der Waals surface area contributed by atoms with E-state index in [1.54, 1.807) is 6.92 Å². The summed E-state index contributed by atoms with van der Waals surface area (Å²) in [4.78, 5) is 11.8. The third-order valence-electron chi connectivity index (χ3n) is 2.77. The molecule has 4 heteroatoms. The second-order valence-electron chi connectivity index (χ2n) is 4.45. The molecule has 0 heterocycles. The largest absolute Gasteiger partial charge is 0.369 e. The zero-order valence-electron chi connectivity index (χ0n) is 11.5. The highest BCUT2D eigenvalue weighted by molar-refractivity contribution is 5.80. The molecule has 2 unspecified atom stereocenters. The molecule has 4 nitrogen and oxygen atoms in total. The highest BCUT2D eigenvalue weighted by Crippen LogP contribution is 2.01. The molecule has 3 N–H and O–H groups in total. The number of nitrogens with one attached hydrogen (secondary N) is 1. The molecule has 0 radical (unpaired) electrons. The Balaban J connectivity index is 3.86. The van der Waals surface area contributed by atoms with Crippen LogP contribution in [0.15, 0.2) is 0 Å². The van der Waals surface area contributed by atoms with Crippen molar-refractivity contribution in [2.45, 2.75) is 65.0 Å². The summed E-state index contributed by atoms with van der Waals surface area (Å²) >= 11 is 0. The summed E-state index contributed by atoms with van der Waals surface area (Å²) in [7, 11) is 0. The Morgan fingerprint density at radius 2 is 1.94 bits per heavy atom. The first-order valence-electron chi connectivity index (χ1n) is 6.77. The van der Waals surface area contributed by atoms with E-state index >= 15 is 0 Å². The van der Waals surface area contributed by atoms with Gasteiger partial charge in [0.25, 0.3) is 0 Å². The number of carbonyl (C=O) groups excluding carboxylic acids is 1. The van der Waals surface area contributed by atoms with E-state index in [1.807, 2.05) is 0 Å². The summed E-state index contributed by atoms with van der Waals surface area (Å²) in [5.74, 6) is -0.0485. The lowest BCUT2D eigenvalue weighted by Crippen LogP contribution is -2.45. The Kier molecular flexibility index (Phi) is 10.2. The number of hydrogen-bond donors (Lipinski definition) is 2. The number of hydrogen-bond acceptors (Lipinski definition) is 3. The van der Waals surface area contributed by atoms with E-state index in [0.29, 0.717) is 13.2 Å². The van der Waals surface area contributed by atoms with Crippen LogP contribution in [-0.2, 0) is 9.53 Å². The monoisotopic (exact) mass is 244 g/mol. The topological polar surface area (TPSA) is 64.3 Å². The van der Waals surface area contributed by atoms with Gasteiger partial charge in [0.15, 0.2) is 0 Å². The van der Waals surface area contributed by atoms with Gasteiger partial charge < -0.3 is 15.8 Å². The van der Waals surface area contributed by atoms with Crippen LogP contribution in [0.5, 0.6) is 0 Å². The van der Waals surface area contributed by atoms with E-state index in [2.05, 4.69) is 19.2 Å². The smallest absolute Gasteiger partial charge is 0.249 e. The Morgan fingerprint density at radius 1 is 1.29 bits per heavy atom. The lowest BCUT2D eigenvalue weighted by atomic mass is 10.1. The van der Waals surface area contributed by atoms with Crippen LogP contribution in [0, 0.1) is 0 Å². The van der Waals surface area contributed by atoms with Crippen molar-refractivity contribution in [3.63, 3.8) is 0 Å².